The molecule has 0 aromatic carbocycles. The quantitative estimate of drug-likeness (QED) is 0.557. The van der Waals surface area contributed by atoms with Crippen molar-refractivity contribution in [1.29, 1.82) is 0 Å². The highest BCUT2D eigenvalue weighted by molar-refractivity contribution is 5.72. The van der Waals surface area contributed by atoms with Crippen LogP contribution in [0, 0.1) is 0 Å². The standard InChI is InChI=1S/C8H7N3O3/c1-11-6-4(2-3-5(12)9-6)7(13)10-8(11)14/h2-3H,1H3,(H,9,12)(H,10,13,14). The summed E-state index contributed by atoms with van der Waals surface area (Å²) in [5, 5.41) is 0.284. The molecule has 2 aromatic rings. The van der Waals surface area contributed by atoms with Crippen LogP contribution >= 0.6 is 0 Å². The fourth-order valence-electron chi connectivity index (χ4n) is 1.26. The van der Waals surface area contributed by atoms with Gasteiger partial charge in [0.2, 0.25) is 5.56 Å². The SMILES string of the molecule is Cn1c(=O)[nH]c(=O)c2ccc(=O)[nH]c21. The fraction of sp³-hybridized carbons (Fsp3) is 0.125. The Morgan fingerprint density at radius 3 is 2.57 bits per heavy atom. The molecule has 0 bridgehead atoms. The monoisotopic (exact) mass is 193 g/mol. The van der Waals surface area contributed by atoms with E-state index in [9.17, 15) is 14.4 Å². The first-order chi connectivity index (χ1) is 6.59. The van der Waals surface area contributed by atoms with Gasteiger partial charge in [-0.25, -0.2) is 4.79 Å². The van der Waals surface area contributed by atoms with Gasteiger partial charge >= 0.3 is 5.69 Å². The van der Waals surface area contributed by atoms with Gasteiger partial charge in [0.1, 0.15) is 5.65 Å². The Hall–Kier alpha value is -2.11. The molecule has 0 spiro atoms. The third-order valence-corrected chi connectivity index (χ3v) is 2.00. The molecular weight excluding hydrogens is 186 g/mol. The Morgan fingerprint density at radius 1 is 1.14 bits per heavy atom. The third-order valence-electron chi connectivity index (χ3n) is 2.00. The van der Waals surface area contributed by atoms with Gasteiger partial charge in [0.15, 0.2) is 0 Å². The van der Waals surface area contributed by atoms with Crippen LogP contribution in [0.3, 0.4) is 0 Å². The molecule has 2 rings (SSSR count). The van der Waals surface area contributed by atoms with Crippen LogP contribution in [0.1, 0.15) is 0 Å². The molecule has 14 heavy (non-hydrogen) atoms. The molecule has 72 valence electrons. The Labute approximate surface area is 76.8 Å². The summed E-state index contributed by atoms with van der Waals surface area (Å²) >= 11 is 0. The maximum absolute atomic E-state index is 11.3. The van der Waals surface area contributed by atoms with E-state index in [0.29, 0.717) is 0 Å². The summed E-state index contributed by atoms with van der Waals surface area (Å²) in [4.78, 5) is 38.0. The summed E-state index contributed by atoms with van der Waals surface area (Å²) in [5.41, 5.74) is -1.17. The minimum atomic E-state index is -0.552. The first kappa shape index (κ1) is 8.49. The minimum absolute atomic E-state index is 0.228. The van der Waals surface area contributed by atoms with E-state index in [1.165, 1.54) is 23.7 Å². The van der Waals surface area contributed by atoms with Crippen molar-refractivity contribution in [3.05, 3.63) is 43.3 Å². The first-order valence-corrected chi connectivity index (χ1v) is 3.92. The van der Waals surface area contributed by atoms with Crippen molar-refractivity contribution < 1.29 is 0 Å². The van der Waals surface area contributed by atoms with E-state index in [4.69, 9.17) is 0 Å². The molecule has 2 aromatic heterocycles. The van der Waals surface area contributed by atoms with Gasteiger partial charge in [-0.1, -0.05) is 0 Å². The Kier molecular flexibility index (Phi) is 1.63. The van der Waals surface area contributed by atoms with E-state index in [1.54, 1.807) is 0 Å². The van der Waals surface area contributed by atoms with Crippen LogP contribution in [0.2, 0.25) is 0 Å². The number of aryl methyl sites for hydroxylation is 1. The van der Waals surface area contributed by atoms with Crippen LogP contribution in [-0.4, -0.2) is 14.5 Å². The lowest BCUT2D eigenvalue weighted by molar-refractivity contribution is 0.826. The second-order valence-electron chi connectivity index (χ2n) is 2.90. The zero-order valence-electron chi connectivity index (χ0n) is 7.33. The highest BCUT2D eigenvalue weighted by Gasteiger charge is 2.03. The second-order valence-corrected chi connectivity index (χ2v) is 2.90. The largest absolute Gasteiger partial charge is 0.329 e. The lowest BCUT2D eigenvalue weighted by atomic mass is 10.3. The molecule has 0 unspecified atom stereocenters. The van der Waals surface area contributed by atoms with Gasteiger partial charge in [-0.15, -0.1) is 0 Å². The van der Waals surface area contributed by atoms with E-state index in [1.807, 2.05) is 0 Å². The summed E-state index contributed by atoms with van der Waals surface area (Å²) < 4.78 is 1.18. The molecule has 0 saturated heterocycles. The number of nitrogens with zero attached hydrogens (tertiary/aromatic N) is 1. The van der Waals surface area contributed by atoms with Crippen LogP contribution in [0.25, 0.3) is 11.0 Å². The van der Waals surface area contributed by atoms with Crippen LogP contribution < -0.4 is 16.8 Å². The van der Waals surface area contributed by atoms with Crippen LogP contribution in [-0.2, 0) is 7.05 Å². The van der Waals surface area contributed by atoms with E-state index in [2.05, 4.69) is 9.97 Å². The summed E-state index contributed by atoms with van der Waals surface area (Å²) in [6.07, 6.45) is 0. The third kappa shape index (κ3) is 1.08. The predicted octanol–water partition coefficient (Wildman–Crippen LogP) is -1.08. The maximum atomic E-state index is 11.3. The Morgan fingerprint density at radius 2 is 1.86 bits per heavy atom. The lowest BCUT2D eigenvalue weighted by Gasteiger charge is -2.01. The number of aromatic amines is 2. The van der Waals surface area contributed by atoms with E-state index in [0.717, 1.165) is 0 Å². The van der Waals surface area contributed by atoms with Gasteiger partial charge < -0.3 is 4.98 Å². The Bertz CT molecular complexity index is 662. The van der Waals surface area contributed by atoms with Crippen LogP contribution in [0.15, 0.2) is 26.5 Å². The molecule has 0 atom stereocenters. The van der Waals surface area contributed by atoms with E-state index >= 15 is 0 Å². The summed E-state index contributed by atoms with van der Waals surface area (Å²) in [6, 6.07) is 2.62. The topological polar surface area (TPSA) is 87.7 Å². The first-order valence-electron chi connectivity index (χ1n) is 3.92. The molecule has 0 saturated carbocycles. The van der Waals surface area contributed by atoms with E-state index < -0.39 is 11.2 Å². The summed E-state index contributed by atoms with van der Waals surface area (Å²) in [6.45, 7) is 0. The summed E-state index contributed by atoms with van der Waals surface area (Å²) in [7, 11) is 1.47. The summed E-state index contributed by atoms with van der Waals surface area (Å²) in [5.74, 6) is 0. The molecule has 0 aliphatic rings. The number of hydrogen-bond acceptors (Lipinski definition) is 3. The molecule has 6 heteroatoms. The van der Waals surface area contributed by atoms with Gasteiger partial charge in [0, 0.05) is 13.1 Å². The van der Waals surface area contributed by atoms with Crippen molar-refractivity contribution in [2.24, 2.45) is 7.05 Å². The number of pyridine rings is 1. The molecule has 0 amide bonds. The van der Waals surface area contributed by atoms with Crippen molar-refractivity contribution in [2.45, 2.75) is 0 Å². The molecule has 2 heterocycles. The van der Waals surface area contributed by atoms with Crippen molar-refractivity contribution in [1.82, 2.24) is 14.5 Å². The van der Waals surface area contributed by atoms with Crippen LogP contribution in [0.5, 0.6) is 0 Å². The smallest absolute Gasteiger partial charge is 0.308 e. The van der Waals surface area contributed by atoms with Gasteiger partial charge in [-0.3, -0.25) is 19.1 Å². The fourth-order valence-corrected chi connectivity index (χ4v) is 1.26. The highest BCUT2D eigenvalue weighted by atomic mass is 16.2. The minimum Gasteiger partial charge on any atom is -0.308 e. The van der Waals surface area contributed by atoms with Crippen molar-refractivity contribution in [3.8, 4) is 0 Å². The number of H-pyrrole nitrogens is 2. The molecule has 0 fully saturated rings. The van der Waals surface area contributed by atoms with Crippen molar-refractivity contribution >= 4 is 11.0 Å². The molecular formula is C8H7N3O3. The zero-order chi connectivity index (χ0) is 10.3. The molecule has 0 aliphatic heterocycles. The molecule has 6 nitrogen and oxygen atoms in total. The number of rotatable bonds is 0. The van der Waals surface area contributed by atoms with Gasteiger partial charge in [0.05, 0.1) is 5.39 Å². The number of fused-ring (bicyclic) bond motifs is 1. The molecule has 0 aliphatic carbocycles. The zero-order valence-corrected chi connectivity index (χ0v) is 7.33. The maximum Gasteiger partial charge on any atom is 0.329 e. The predicted molar refractivity (Wildman–Crippen MR) is 50.4 cm³/mol. The number of aromatic nitrogens is 3. The van der Waals surface area contributed by atoms with E-state index in [-0.39, 0.29) is 16.6 Å². The average molecular weight is 193 g/mol. The number of nitrogens with one attached hydrogen (secondary N) is 2. The number of hydrogen-bond donors (Lipinski definition) is 2. The highest BCUT2D eigenvalue weighted by Crippen LogP contribution is 1.97. The van der Waals surface area contributed by atoms with Gasteiger partial charge in [-0.2, -0.15) is 0 Å². The van der Waals surface area contributed by atoms with Crippen molar-refractivity contribution in [3.63, 3.8) is 0 Å². The molecule has 0 radical (unpaired) electrons. The normalized spacial score (nSPS) is 10.6. The van der Waals surface area contributed by atoms with Crippen molar-refractivity contribution in [2.75, 3.05) is 0 Å². The second kappa shape index (κ2) is 2.69. The Balaban J connectivity index is 3.19. The molecule has 2 N–H and O–H groups in total. The lowest BCUT2D eigenvalue weighted by Crippen LogP contribution is -2.30. The van der Waals surface area contributed by atoms with Gasteiger partial charge in [0.25, 0.3) is 5.56 Å². The average Bonchev–Trinajstić information content (AvgIpc) is 2.14. The van der Waals surface area contributed by atoms with Crippen LogP contribution in [0.4, 0.5) is 0 Å². The van der Waals surface area contributed by atoms with Gasteiger partial charge in [-0.05, 0) is 6.07 Å².